The summed E-state index contributed by atoms with van der Waals surface area (Å²) in [6, 6.07) is 8.02. The predicted molar refractivity (Wildman–Crippen MR) is 102 cm³/mol. The molecule has 142 valence electrons. The highest BCUT2D eigenvalue weighted by atomic mass is 16.5. The van der Waals surface area contributed by atoms with E-state index in [1.165, 1.54) is 0 Å². The van der Waals surface area contributed by atoms with Gasteiger partial charge in [-0.1, -0.05) is 18.2 Å². The van der Waals surface area contributed by atoms with Crippen molar-refractivity contribution in [1.82, 2.24) is 10.6 Å². The lowest BCUT2D eigenvalue weighted by molar-refractivity contribution is 0.0733. The number of aliphatic imine (C=N–C) groups is 1. The number of para-hydroxylation sites is 1. The van der Waals surface area contributed by atoms with Crippen LogP contribution in [0.2, 0.25) is 0 Å². The van der Waals surface area contributed by atoms with Gasteiger partial charge in [-0.15, -0.1) is 0 Å². The summed E-state index contributed by atoms with van der Waals surface area (Å²) >= 11 is 0. The average molecular weight is 351 g/mol. The van der Waals surface area contributed by atoms with Crippen molar-refractivity contribution in [3.05, 3.63) is 29.8 Å². The van der Waals surface area contributed by atoms with E-state index in [0.717, 1.165) is 23.8 Å². The second-order valence-corrected chi connectivity index (χ2v) is 6.55. The number of nitrogens with zero attached hydrogens (tertiary/aromatic N) is 1. The highest BCUT2D eigenvalue weighted by molar-refractivity contribution is 5.79. The van der Waals surface area contributed by atoms with E-state index in [9.17, 15) is 0 Å². The van der Waals surface area contributed by atoms with Crippen molar-refractivity contribution >= 4 is 5.96 Å². The van der Waals surface area contributed by atoms with E-state index in [1.54, 1.807) is 7.11 Å². The molecule has 0 aliphatic carbocycles. The summed E-state index contributed by atoms with van der Waals surface area (Å²) in [5, 5.41) is 6.51. The van der Waals surface area contributed by atoms with E-state index in [4.69, 9.17) is 14.2 Å². The van der Waals surface area contributed by atoms with Crippen molar-refractivity contribution in [2.45, 2.75) is 39.8 Å². The highest BCUT2D eigenvalue weighted by Crippen LogP contribution is 2.23. The van der Waals surface area contributed by atoms with Crippen molar-refractivity contribution in [3.8, 4) is 5.75 Å². The Balaban J connectivity index is 2.59. The van der Waals surface area contributed by atoms with Crippen LogP contribution < -0.4 is 15.4 Å². The maximum absolute atomic E-state index is 6.02. The monoisotopic (exact) mass is 351 g/mol. The van der Waals surface area contributed by atoms with Gasteiger partial charge in [0.1, 0.15) is 11.4 Å². The van der Waals surface area contributed by atoms with Gasteiger partial charge in [0.05, 0.1) is 26.4 Å². The normalized spacial score (nSPS) is 12.1. The van der Waals surface area contributed by atoms with Crippen LogP contribution in [0.4, 0.5) is 0 Å². The summed E-state index contributed by atoms with van der Waals surface area (Å²) in [4.78, 5) is 4.64. The van der Waals surface area contributed by atoms with Gasteiger partial charge in [-0.2, -0.15) is 0 Å². The number of hydrogen-bond acceptors (Lipinski definition) is 4. The maximum atomic E-state index is 6.02. The number of rotatable bonds is 10. The van der Waals surface area contributed by atoms with Crippen molar-refractivity contribution in [3.63, 3.8) is 0 Å². The van der Waals surface area contributed by atoms with E-state index >= 15 is 0 Å². The van der Waals surface area contributed by atoms with Crippen molar-refractivity contribution in [2.75, 3.05) is 40.0 Å². The lowest BCUT2D eigenvalue weighted by Gasteiger charge is -2.23. The first-order chi connectivity index (χ1) is 12.0. The SMILES string of the molecule is CCNC(=NCc1ccccc1OC(C)(C)C)NCCOCCOC. The Kier molecular flexibility index (Phi) is 9.96. The summed E-state index contributed by atoms with van der Waals surface area (Å²) < 4.78 is 16.4. The quantitative estimate of drug-likeness (QED) is 0.385. The van der Waals surface area contributed by atoms with Crippen LogP contribution >= 0.6 is 0 Å². The van der Waals surface area contributed by atoms with Crippen LogP contribution in [-0.2, 0) is 16.0 Å². The number of nitrogens with one attached hydrogen (secondary N) is 2. The summed E-state index contributed by atoms with van der Waals surface area (Å²) in [5.41, 5.74) is 0.827. The predicted octanol–water partition coefficient (Wildman–Crippen LogP) is 2.58. The molecule has 25 heavy (non-hydrogen) atoms. The second-order valence-electron chi connectivity index (χ2n) is 6.55. The van der Waals surface area contributed by atoms with E-state index in [2.05, 4.69) is 15.6 Å². The fraction of sp³-hybridized carbons (Fsp3) is 0.632. The molecule has 6 nitrogen and oxygen atoms in total. The largest absolute Gasteiger partial charge is 0.488 e. The van der Waals surface area contributed by atoms with Crippen LogP contribution in [0.3, 0.4) is 0 Å². The van der Waals surface area contributed by atoms with Crippen LogP contribution in [-0.4, -0.2) is 51.6 Å². The van der Waals surface area contributed by atoms with Gasteiger partial charge in [-0.05, 0) is 33.8 Å². The van der Waals surface area contributed by atoms with Crippen LogP contribution in [0, 0.1) is 0 Å². The van der Waals surface area contributed by atoms with Crippen LogP contribution in [0.15, 0.2) is 29.3 Å². The Morgan fingerprint density at radius 2 is 1.84 bits per heavy atom. The zero-order valence-electron chi connectivity index (χ0n) is 16.2. The Morgan fingerprint density at radius 1 is 1.08 bits per heavy atom. The minimum absolute atomic E-state index is 0.234. The minimum Gasteiger partial charge on any atom is -0.488 e. The number of benzene rings is 1. The molecular formula is C19H33N3O3. The van der Waals surface area contributed by atoms with E-state index < -0.39 is 0 Å². The lowest BCUT2D eigenvalue weighted by Crippen LogP contribution is -2.39. The number of methoxy groups -OCH3 is 1. The molecule has 1 aromatic carbocycles. The molecule has 0 radical (unpaired) electrons. The van der Waals surface area contributed by atoms with Crippen LogP contribution in [0.1, 0.15) is 33.3 Å². The lowest BCUT2D eigenvalue weighted by atomic mass is 10.1. The van der Waals surface area contributed by atoms with Crippen molar-refractivity contribution < 1.29 is 14.2 Å². The molecule has 0 saturated carbocycles. The van der Waals surface area contributed by atoms with Gasteiger partial charge in [0, 0.05) is 25.8 Å². The topological polar surface area (TPSA) is 64.1 Å². The minimum atomic E-state index is -0.234. The zero-order valence-corrected chi connectivity index (χ0v) is 16.2. The smallest absolute Gasteiger partial charge is 0.191 e. The molecular weight excluding hydrogens is 318 g/mol. The first-order valence-electron chi connectivity index (χ1n) is 8.82. The van der Waals surface area contributed by atoms with Gasteiger partial charge < -0.3 is 24.8 Å². The molecule has 1 rings (SSSR count). The molecule has 0 saturated heterocycles. The first kappa shape index (κ1) is 21.3. The molecule has 0 aromatic heterocycles. The molecule has 0 bridgehead atoms. The average Bonchev–Trinajstić information content (AvgIpc) is 2.55. The summed E-state index contributed by atoms with van der Waals surface area (Å²) in [6.45, 7) is 12.0. The summed E-state index contributed by atoms with van der Waals surface area (Å²) in [7, 11) is 1.67. The van der Waals surface area contributed by atoms with Crippen molar-refractivity contribution in [2.24, 2.45) is 4.99 Å². The third-order valence-electron chi connectivity index (χ3n) is 3.11. The van der Waals surface area contributed by atoms with Crippen LogP contribution in [0.5, 0.6) is 5.75 Å². The zero-order chi connectivity index (χ0) is 18.5. The molecule has 0 spiro atoms. The molecule has 0 amide bonds. The Hall–Kier alpha value is -1.79. The highest BCUT2D eigenvalue weighted by Gasteiger charge is 2.14. The molecule has 1 aromatic rings. The number of ether oxygens (including phenoxy) is 3. The first-order valence-corrected chi connectivity index (χ1v) is 8.82. The molecule has 6 heteroatoms. The Morgan fingerprint density at radius 3 is 2.52 bits per heavy atom. The van der Waals surface area contributed by atoms with E-state index in [-0.39, 0.29) is 5.60 Å². The summed E-state index contributed by atoms with van der Waals surface area (Å²) in [5.74, 6) is 1.64. The van der Waals surface area contributed by atoms with E-state index in [1.807, 2.05) is 52.0 Å². The standard InChI is InChI=1S/C19H33N3O3/c1-6-20-18(21-11-12-24-14-13-23-5)22-15-16-9-7-8-10-17(16)25-19(2,3)4/h7-10H,6,11-15H2,1-5H3,(H2,20,21,22). The molecule has 0 atom stereocenters. The van der Waals surface area contributed by atoms with Gasteiger partial charge in [0.2, 0.25) is 0 Å². The molecule has 2 N–H and O–H groups in total. The second kappa shape index (κ2) is 11.7. The van der Waals surface area contributed by atoms with Gasteiger partial charge >= 0.3 is 0 Å². The molecule has 0 aliphatic heterocycles. The van der Waals surface area contributed by atoms with Gasteiger partial charge in [0.25, 0.3) is 0 Å². The molecule has 0 fully saturated rings. The Labute approximate surface area is 152 Å². The molecule has 0 unspecified atom stereocenters. The summed E-state index contributed by atoms with van der Waals surface area (Å²) in [6.07, 6.45) is 0. The van der Waals surface area contributed by atoms with Crippen molar-refractivity contribution in [1.29, 1.82) is 0 Å². The molecule has 0 aliphatic rings. The Bertz CT molecular complexity index is 513. The fourth-order valence-corrected chi connectivity index (χ4v) is 2.06. The molecule has 0 heterocycles. The number of guanidine groups is 1. The van der Waals surface area contributed by atoms with Gasteiger partial charge in [-0.3, -0.25) is 0 Å². The van der Waals surface area contributed by atoms with Gasteiger partial charge in [0.15, 0.2) is 5.96 Å². The third-order valence-corrected chi connectivity index (χ3v) is 3.11. The van der Waals surface area contributed by atoms with Crippen LogP contribution in [0.25, 0.3) is 0 Å². The fourth-order valence-electron chi connectivity index (χ4n) is 2.06. The third kappa shape index (κ3) is 9.94. The van der Waals surface area contributed by atoms with E-state index in [0.29, 0.717) is 32.9 Å². The van der Waals surface area contributed by atoms with Gasteiger partial charge in [-0.25, -0.2) is 4.99 Å². The maximum Gasteiger partial charge on any atom is 0.191 e. The number of hydrogen-bond donors (Lipinski definition) is 2.